The summed E-state index contributed by atoms with van der Waals surface area (Å²) in [6.07, 6.45) is -4.19. The van der Waals surface area contributed by atoms with Gasteiger partial charge in [0.15, 0.2) is 0 Å². The van der Waals surface area contributed by atoms with E-state index < -0.39 is 12.7 Å². The Morgan fingerprint density at radius 1 is 1.40 bits per heavy atom. The summed E-state index contributed by atoms with van der Waals surface area (Å²) in [6, 6.07) is 4.87. The maximum atomic E-state index is 12.0. The molecule has 1 heterocycles. The predicted octanol–water partition coefficient (Wildman–Crippen LogP) is 2.73. The first-order chi connectivity index (χ1) is 6.87. The van der Waals surface area contributed by atoms with Crippen molar-refractivity contribution in [2.45, 2.75) is 12.7 Å². The van der Waals surface area contributed by atoms with Crippen molar-refractivity contribution in [2.24, 2.45) is 0 Å². The monoisotopic (exact) mass is 238 g/mol. The standard InChI is InChI=1S/C9H10ClF3N2/c1-15(6-9(11,12)13)5-7-3-2-4-8(10)14-7/h2-4H,5-6H2,1H3. The summed E-state index contributed by atoms with van der Waals surface area (Å²) in [6.45, 7) is -0.832. The van der Waals surface area contributed by atoms with E-state index in [1.165, 1.54) is 7.05 Å². The first-order valence-corrected chi connectivity index (χ1v) is 4.61. The number of pyridine rings is 1. The van der Waals surface area contributed by atoms with Crippen molar-refractivity contribution in [1.29, 1.82) is 0 Å². The van der Waals surface area contributed by atoms with E-state index in [0.29, 0.717) is 5.69 Å². The van der Waals surface area contributed by atoms with Gasteiger partial charge in [0, 0.05) is 6.54 Å². The lowest BCUT2D eigenvalue weighted by molar-refractivity contribution is -0.144. The van der Waals surface area contributed by atoms with Crippen molar-refractivity contribution in [1.82, 2.24) is 9.88 Å². The molecule has 1 aromatic heterocycles. The van der Waals surface area contributed by atoms with E-state index in [-0.39, 0.29) is 11.7 Å². The van der Waals surface area contributed by atoms with Crippen molar-refractivity contribution >= 4 is 11.6 Å². The van der Waals surface area contributed by atoms with E-state index in [1.54, 1.807) is 18.2 Å². The third-order valence-electron chi connectivity index (χ3n) is 1.65. The Hall–Kier alpha value is -0.810. The van der Waals surface area contributed by atoms with Crippen LogP contribution >= 0.6 is 11.6 Å². The Morgan fingerprint density at radius 3 is 2.60 bits per heavy atom. The average Bonchev–Trinajstić information content (AvgIpc) is 1.99. The van der Waals surface area contributed by atoms with Gasteiger partial charge in [-0.1, -0.05) is 17.7 Å². The van der Waals surface area contributed by atoms with Crippen LogP contribution in [0.1, 0.15) is 5.69 Å². The molecular weight excluding hydrogens is 229 g/mol. The van der Waals surface area contributed by atoms with Gasteiger partial charge in [0.05, 0.1) is 12.2 Å². The maximum Gasteiger partial charge on any atom is 0.401 e. The number of hydrogen-bond acceptors (Lipinski definition) is 2. The summed E-state index contributed by atoms with van der Waals surface area (Å²) in [7, 11) is 1.38. The summed E-state index contributed by atoms with van der Waals surface area (Å²) in [5.41, 5.74) is 0.522. The molecule has 15 heavy (non-hydrogen) atoms. The summed E-state index contributed by atoms with van der Waals surface area (Å²) < 4.78 is 36.0. The molecule has 0 aliphatic carbocycles. The number of nitrogens with zero attached hydrogens (tertiary/aromatic N) is 2. The summed E-state index contributed by atoms with van der Waals surface area (Å²) in [5.74, 6) is 0. The van der Waals surface area contributed by atoms with Crippen molar-refractivity contribution in [3.05, 3.63) is 29.0 Å². The molecule has 6 heteroatoms. The van der Waals surface area contributed by atoms with Crippen LogP contribution in [0.25, 0.3) is 0 Å². The zero-order valence-electron chi connectivity index (χ0n) is 8.05. The average molecular weight is 239 g/mol. The van der Waals surface area contributed by atoms with Gasteiger partial charge in [0.1, 0.15) is 5.15 Å². The van der Waals surface area contributed by atoms with Crippen LogP contribution in [-0.4, -0.2) is 29.7 Å². The van der Waals surface area contributed by atoms with Gasteiger partial charge in [-0.2, -0.15) is 13.2 Å². The minimum absolute atomic E-state index is 0.125. The van der Waals surface area contributed by atoms with Crippen LogP contribution in [0.2, 0.25) is 5.15 Å². The van der Waals surface area contributed by atoms with Crippen LogP contribution in [0, 0.1) is 0 Å². The fraction of sp³-hybridized carbons (Fsp3) is 0.444. The third kappa shape index (κ3) is 4.99. The van der Waals surface area contributed by atoms with Crippen LogP contribution in [0.3, 0.4) is 0 Å². The van der Waals surface area contributed by atoms with Gasteiger partial charge in [0.2, 0.25) is 0 Å². The molecular formula is C9H10ClF3N2. The highest BCUT2D eigenvalue weighted by molar-refractivity contribution is 6.29. The van der Waals surface area contributed by atoms with E-state index >= 15 is 0 Å². The van der Waals surface area contributed by atoms with Crippen molar-refractivity contribution < 1.29 is 13.2 Å². The fourth-order valence-electron chi connectivity index (χ4n) is 1.18. The number of rotatable bonds is 3. The molecule has 0 bridgehead atoms. The molecule has 0 radical (unpaired) electrons. The Bertz CT molecular complexity index is 327. The SMILES string of the molecule is CN(Cc1cccc(Cl)n1)CC(F)(F)F. The van der Waals surface area contributed by atoms with Gasteiger partial charge in [-0.05, 0) is 19.2 Å². The Balaban J connectivity index is 2.55. The largest absolute Gasteiger partial charge is 0.401 e. The maximum absolute atomic E-state index is 12.0. The second-order valence-electron chi connectivity index (χ2n) is 3.24. The van der Waals surface area contributed by atoms with E-state index in [0.717, 1.165) is 4.90 Å². The third-order valence-corrected chi connectivity index (χ3v) is 1.86. The van der Waals surface area contributed by atoms with E-state index in [2.05, 4.69) is 4.98 Å². The zero-order chi connectivity index (χ0) is 11.5. The van der Waals surface area contributed by atoms with Crippen LogP contribution < -0.4 is 0 Å². The zero-order valence-corrected chi connectivity index (χ0v) is 8.81. The summed E-state index contributed by atoms with van der Waals surface area (Å²) in [5, 5.41) is 0.285. The van der Waals surface area contributed by atoms with Crippen LogP contribution in [0.15, 0.2) is 18.2 Å². The number of aromatic nitrogens is 1. The second-order valence-corrected chi connectivity index (χ2v) is 3.63. The normalized spacial score (nSPS) is 12.1. The minimum Gasteiger partial charge on any atom is -0.292 e. The molecule has 0 aromatic carbocycles. The lowest BCUT2D eigenvalue weighted by atomic mass is 10.3. The molecule has 84 valence electrons. The predicted molar refractivity (Wildman–Crippen MR) is 51.6 cm³/mol. The van der Waals surface area contributed by atoms with Gasteiger partial charge in [0.25, 0.3) is 0 Å². The molecule has 0 spiro atoms. The number of hydrogen-bond donors (Lipinski definition) is 0. The van der Waals surface area contributed by atoms with Crippen LogP contribution in [0.5, 0.6) is 0 Å². The molecule has 1 rings (SSSR count). The quantitative estimate of drug-likeness (QED) is 0.753. The molecule has 1 aromatic rings. The highest BCUT2D eigenvalue weighted by Crippen LogP contribution is 2.16. The van der Waals surface area contributed by atoms with E-state index in [9.17, 15) is 13.2 Å². The number of halogens is 4. The molecule has 0 atom stereocenters. The minimum atomic E-state index is -4.19. The lowest BCUT2D eigenvalue weighted by Gasteiger charge is -2.17. The van der Waals surface area contributed by atoms with Gasteiger partial charge in [-0.3, -0.25) is 4.90 Å². The molecule has 0 aliphatic rings. The lowest BCUT2D eigenvalue weighted by Crippen LogP contribution is -2.30. The highest BCUT2D eigenvalue weighted by atomic mass is 35.5. The Labute approximate surface area is 90.7 Å². The molecule has 0 amide bonds. The molecule has 2 nitrogen and oxygen atoms in total. The molecule has 0 aliphatic heterocycles. The second kappa shape index (κ2) is 4.81. The first kappa shape index (κ1) is 12.3. The van der Waals surface area contributed by atoms with Crippen LogP contribution in [0.4, 0.5) is 13.2 Å². The summed E-state index contributed by atoms with van der Waals surface area (Å²) >= 11 is 5.61. The van der Waals surface area contributed by atoms with Gasteiger partial charge in [-0.25, -0.2) is 4.98 Å². The molecule has 0 saturated carbocycles. The summed E-state index contributed by atoms with van der Waals surface area (Å²) in [4.78, 5) is 5.04. The topological polar surface area (TPSA) is 16.1 Å². The molecule has 0 saturated heterocycles. The van der Waals surface area contributed by atoms with Gasteiger partial charge in [-0.15, -0.1) is 0 Å². The Morgan fingerprint density at radius 2 is 2.07 bits per heavy atom. The van der Waals surface area contributed by atoms with Crippen molar-refractivity contribution in [3.63, 3.8) is 0 Å². The van der Waals surface area contributed by atoms with Crippen LogP contribution in [-0.2, 0) is 6.54 Å². The first-order valence-electron chi connectivity index (χ1n) is 4.23. The van der Waals surface area contributed by atoms with Gasteiger partial charge < -0.3 is 0 Å². The molecule has 0 N–H and O–H groups in total. The highest BCUT2D eigenvalue weighted by Gasteiger charge is 2.29. The van der Waals surface area contributed by atoms with Gasteiger partial charge >= 0.3 is 6.18 Å². The van der Waals surface area contributed by atoms with E-state index in [4.69, 9.17) is 11.6 Å². The molecule has 0 unspecified atom stereocenters. The Kier molecular flexibility index (Phi) is 3.93. The van der Waals surface area contributed by atoms with Crippen molar-refractivity contribution in [3.8, 4) is 0 Å². The van der Waals surface area contributed by atoms with Crippen molar-refractivity contribution in [2.75, 3.05) is 13.6 Å². The fourth-order valence-corrected chi connectivity index (χ4v) is 1.36. The number of alkyl halides is 3. The van der Waals surface area contributed by atoms with E-state index in [1.807, 2.05) is 0 Å². The smallest absolute Gasteiger partial charge is 0.292 e. The molecule has 0 fully saturated rings.